The van der Waals surface area contributed by atoms with Gasteiger partial charge in [0.05, 0.1) is 12.2 Å². The molecule has 5 heteroatoms. The third-order valence-electron chi connectivity index (χ3n) is 3.26. The quantitative estimate of drug-likeness (QED) is 0.887. The van der Waals surface area contributed by atoms with Crippen LogP contribution in [0.25, 0.3) is 0 Å². The van der Waals surface area contributed by atoms with Crippen molar-refractivity contribution in [2.45, 2.75) is 26.4 Å². The Balaban J connectivity index is 1.79. The molecule has 18 heavy (non-hydrogen) atoms. The number of hydrogen-bond donors (Lipinski definition) is 2. The first-order valence-corrected chi connectivity index (χ1v) is 7.03. The largest absolute Gasteiger partial charge is 0.365 e. The molecule has 0 saturated carbocycles. The molecule has 0 atom stereocenters. The van der Waals surface area contributed by atoms with Crippen molar-refractivity contribution in [3.63, 3.8) is 0 Å². The SMILES string of the molecule is Cc1ccsc1CNc1ncnc2c1CNCC2. The summed E-state index contributed by atoms with van der Waals surface area (Å²) in [5.41, 5.74) is 3.74. The first-order valence-electron chi connectivity index (χ1n) is 6.15. The lowest BCUT2D eigenvalue weighted by Crippen LogP contribution is -2.26. The zero-order chi connectivity index (χ0) is 12.4. The number of thiophene rings is 1. The average Bonchev–Trinajstić information content (AvgIpc) is 2.82. The lowest BCUT2D eigenvalue weighted by atomic mass is 10.1. The van der Waals surface area contributed by atoms with E-state index in [0.717, 1.165) is 31.9 Å². The van der Waals surface area contributed by atoms with Gasteiger partial charge in [0.1, 0.15) is 12.1 Å². The average molecular weight is 260 g/mol. The van der Waals surface area contributed by atoms with Gasteiger partial charge in [-0.05, 0) is 23.9 Å². The molecule has 0 fully saturated rings. The Hall–Kier alpha value is -1.46. The Morgan fingerprint density at radius 1 is 1.44 bits per heavy atom. The number of nitrogens with one attached hydrogen (secondary N) is 2. The summed E-state index contributed by atoms with van der Waals surface area (Å²) in [6.07, 6.45) is 2.65. The molecule has 0 aromatic carbocycles. The molecule has 94 valence electrons. The van der Waals surface area contributed by atoms with Crippen molar-refractivity contribution in [3.8, 4) is 0 Å². The third kappa shape index (κ3) is 2.23. The predicted octanol–water partition coefficient (Wildman–Crippen LogP) is 2.10. The number of aromatic nitrogens is 2. The molecule has 0 aliphatic carbocycles. The van der Waals surface area contributed by atoms with E-state index in [-0.39, 0.29) is 0 Å². The Morgan fingerprint density at radius 2 is 2.39 bits per heavy atom. The molecule has 0 unspecified atom stereocenters. The van der Waals surface area contributed by atoms with Crippen LogP contribution in [0.2, 0.25) is 0 Å². The monoisotopic (exact) mass is 260 g/mol. The van der Waals surface area contributed by atoms with E-state index in [1.807, 2.05) is 0 Å². The highest BCUT2D eigenvalue weighted by molar-refractivity contribution is 7.10. The molecule has 1 aliphatic heterocycles. The van der Waals surface area contributed by atoms with E-state index in [2.05, 4.69) is 39.0 Å². The molecule has 0 spiro atoms. The number of aryl methyl sites for hydroxylation is 1. The van der Waals surface area contributed by atoms with Crippen LogP contribution in [0.15, 0.2) is 17.8 Å². The van der Waals surface area contributed by atoms with Crippen molar-refractivity contribution in [3.05, 3.63) is 39.5 Å². The summed E-state index contributed by atoms with van der Waals surface area (Å²) in [5, 5.41) is 8.93. The fraction of sp³-hybridized carbons (Fsp3) is 0.385. The van der Waals surface area contributed by atoms with Gasteiger partial charge in [0.15, 0.2) is 0 Å². The van der Waals surface area contributed by atoms with E-state index in [1.165, 1.54) is 21.7 Å². The van der Waals surface area contributed by atoms with Crippen LogP contribution in [0.5, 0.6) is 0 Å². The first kappa shape index (κ1) is 11.6. The number of hydrogen-bond acceptors (Lipinski definition) is 5. The first-order chi connectivity index (χ1) is 8.84. The van der Waals surface area contributed by atoms with Crippen molar-refractivity contribution in [1.82, 2.24) is 15.3 Å². The van der Waals surface area contributed by atoms with Crippen molar-refractivity contribution < 1.29 is 0 Å². The van der Waals surface area contributed by atoms with Crippen molar-refractivity contribution in [2.75, 3.05) is 11.9 Å². The Kier molecular flexibility index (Phi) is 3.25. The molecule has 0 radical (unpaired) electrons. The van der Waals surface area contributed by atoms with Gasteiger partial charge in [-0.1, -0.05) is 0 Å². The van der Waals surface area contributed by atoms with Gasteiger partial charge in [-0.15, -0.1) is 11.3 Å². The van der Waals surface area contributed by atoms with Gasteiger partial charge in [-0.3, -0.25) is 0 Å². The minimum Gasteiger partial charge on any atom is -0.365 e. The molecule has 1 aliphatic rings. The molecular formula is C13H16N4S. The maximum absolute atomic E-state index is 4.36. The second-order valence-electron chi connectivity index (χ2n) is 4.45. The molecule has 3 rings (SSSR count). The van der Waals surface area contributed by atoms with Gasteiger partial charge in [0.25, 0.3) is 0 Å². The standard InChI is InChI=1S/C13H16N4S/c1-9-3-5-18-12(9)7-15-13-10-6-14-4-2-11(10)16-8-17-13/h3,5,8,14H,2,4,6-7H2,1H3,(H,15,16,17). The molecule has 2 aromatic rings. The molecule has 0 saturated heterocycles. The maximum atomic E-state index is 4.36. The van der Waals surface area contributed by atoms with Crippen LogP contribution in [-0.2, 0) is 19.5 Å². The van der Waals surface area contributed by atoms with Gasteiger partial charge >= 0.3 is 0 Å². The third-order valence-corrected chi connectivity index (χ3v) is 4.28. The molecular weight excluding hydrogens is 244 g/mol. The fourth-order valence-electron chi connectivity index (χ4n) is 2.17. The van der Waals surface area contributed by atoms with Crippen LogP contribution in [-0.4, -0.2) is 16.5 Å². The highest BCUT2D eigenvalue weighted by atomic mass is 32.1. The number of anilines is 1. The van der Waals surface area contributed by atoms with E-state index in [9.17, 15) is 0 Å². The maximum Gasteiger partial charge on any atom is 0.134 e. The van der Waals surface area contributed by atoms with Gasteiger partial charge in [0, 0.05) is 30.0 Å². The molecule has 0 amide bonds. The van der Waals surface area contributed by atoms with E-state index >= 15 is 0 Å². The Morgan fingerprint density at radius 3 is 3.22 bits per heavy atom. The second kappa shape index (κ2) is 5.04. The van der Waals surface area contributed by atoms with Crippen LogP contribution >= 0.6 is 11.3 Å². The summed E-state index contributed by atoms with van der Waals surface area (Å²) in [5.74, 6) is 0.972. The second-order valence-corrected chi connectivity index (χ2v) is 5.46. The van der Waals surface area contributed by atoms with Crippen LogP contribution in [0.1, 0.15) is 21.7 Å². The number of nitrogens with zero attached hydrogens (tertiary/aromatic N) is 2. The topological polar surface area (TPSA) is 49.8 Å². The molecule has 2 N–H and O–H groups in total. The highest BCUT2D eigenvalue weighted by Crippen LogP contribution is 2.21. The fourth-order valence-corrected chi connectivity index (χ4v) is 3.02. The Labute approximate surface area is 110 Å². The molecule has 0 bridgehead atoms. The van der Waals surface area contributed by atoms with Crippen LogP contribution < -0.4 is 10.6 Å². The summed E-state index contributed by atoms with van der Waals surface area (Å²) in [4.78, 5) is 10.1. The predicted molar refractivity (Wildman–Crippen MR) is 73.8 cm³/mol. The van der Waals surface area contributed by atoms with E-state index < -0.39 is 0 Å². The van der Waals surface area contributed by atoms with E-state index in [4.69, 9.17) is 0 Å². The van der Waals surface area contributed by atoms with E-state index in [0.29, 0.717) is 0 Å². The summed E-state index contributed by atoms with van der Waals surface area (Å²) >= 11 is 1.78. The van der Waals surface area contributed by atoms with Gasteiger partial charge < -0.3 is 10.6 Å². The van der Waals surface area contributed by atoms with Crippen LogP contribution in [0, 0.1) is 6.92 Å². The van der Waals surface area contributed by atoms with Crippen LogP contribution in [0.4, 0.5) is 5.82 Å². The summed E-state index contributed by atoms with van der Waals surface area (Å²) in [7, 11) is 0. The molecule has 3 heterocycles. The number of fused-ring (bicyclic) bond motifs is 1. The zero-order valence-electron chi connectivity index (χ0n) is 10.4. The van der Waals surface area contributed by atoms with Gasteiger partial charge in [-0.25, -0.2) is 9.97 Å². The zero-order valence-corrected chi connectivity index (χ0v) is 11.2. The minimum absolute atomic E-state index is 0.840. The number of rotatable bonds is 3. The summed E-state index contributed by atoms with van der Waals surface area (Å²) < 4.78 is 0. The van der Waals surface area contributed by atoms with E-state index in [1.54, 1.807) is 17.7 Å². The van der Waals surface area contributed by atoms with Crippen molar-refractivity contribution >= 4 is 17.2 Å². The summed E-state index contributed by atoms with van der Waals surface area (Å²) in [6, 6.07) is 2.15. The Bertz CT molecular complexity index is 550. The highest BCUT2D eigenvalue weighted by Gasteiger charge is 2.14. The normalized spacial score (nSPS) is 14.3. The molecule has 2 aromatic heterocycles. The smallest absolute Gasteiger partial charge is 0.134 e. The molecule has 4 nitrogen and oxygen atoms in total. The lowest BCUT2D eigenvalue weighted by molar-refractivity contribution is 0.627. The van der Waals surface area contributed by atoms with Gasteiger partial charge in [-0.2, -0.15) is 0 Å². The lowest BCUT2D eigenvalue weighted by Gasteiger charge is -2.18. The van der Waals surface area contributed by atoms with Crippen molar-refractivity contribution in [2.24, 2.45) is 0 Å². The van der Waals surface area contributed by atoms with Crippen molar-refractivity contribution in [1.29, 1.82) is 0 Å². The van der Waals surface area contributed by atoms with Gasteiger partial charge in [0.2, 0.25) is 0 Å². The van der Waals surface area contributed by atoms with Crippen LogP contribution in [0.3, 0.4) is 0 Å². The minimum atomic E-state index is 0.840. The summed E-state index contributed by atoms with van der Waals surface area (Å²) in [6.45, 7) is 4.85.